The molecular weight excluding hydrogens is 338 g/mol. The summed E-state index contributed by atoms with van der Waals surface area (Å²) in [6, 6.07) is 11.7. The summed E-state index contributed by atoms with van der Waals surface area (Å²) in [6.07, 6.45) is -1.01. The van der Waals surface area contributed by atoms with Crippen molar-refractivity contribution in [2.45, 2.75) is 13.0 Å². The molecule has 26 heavy (non-hydrogen) atoms. The zero-order valence-electron chi connectivity index (χ0n) is 15.1. The Morgan fingerprint density at radius 3 is 2.35 bits per heavy atom. The van der Waals surface area contributed by atoms with Gasteiger partial charge in [-0.25, -0.2) is 4.79 Å². The van der Waals surface area contributed by atoms with E-state index >= 15 is 0 Å². The molecule has 1 N–H and O–H groups in total. The van der Waals surface area contributed by atoms with Crippen molar-refractivity contribution < 1.29 is 28.5 Å². The Morgan fingerprint density at radius 1 is 0.962 bits per heavy atom. The van der Waals surface area contributed by atoms with Gasteiger partial charge in [0.1, 0.15) is 11.3 Å². The highest BCUT2D eigenvalue weighted by Gasteiger charge is 2.23. The molecule has 2 rings (SSSR count). The number of hydrogen-bond donors (Lipinski definition) is 1. The number of amides is 1. The Bertz CT molecular complexity index is 789. The predicted octanol–water partition coefficient (Wildman–Crippen LogP) is 2.90. The molecular formula is C19H21NO6. The van der Waals surface area contributed by atoms with Crippen LogP contribution in [0, 0.1) is 0 Å². The first-order valence-electron chi connectivity index (χ1n) is 7.87. The zero-order chi connectivity index (χ0) is 19.1. The van der Waals surface area contributed by atoms with Gasteiger partial charge in [-0.1, -0.05) is 12.1 Å². The maximum absolute atomic E-state index is 12.4. The summed E-state index contributed by atoms with van der Waals surface area (Å²) in [7, 11) is 4.43. The summed E-state index contributed by atoms with van der Waals surface area (Å²) in [5, 5.41) is 2.67. The number of carbonyl (C=O) groups excluding carboxylic acids is 2. The molecule has 0 aliphatic rings. The lowest BCUT2D eigenvalue weighted by Gasteiger charge is -2.16. The lowest BCUT2D eigenvalue weighted by molar-refractivity contribution is -0.123. The lowest BCUT2D eigenvalue weighted by Crippen LogP contribution is -2.30. The number of rotatable bonds is 7. The molecule has 1 amide bonds. The molecule has 0 saturated carbocycles. The number of esters is 1. The molecule has 0 heterocycles. The third-order valence-electron chi connectivity index (χ3n) is 3.61. The van der Waals surface area contributed by atoms with Crippen LogP contribution in [-0.2, 0) is 9.53 Å². The van der Waals surface area contributed by atoms with E-state index in [0.29, 0.717) is 17.2 Å². The summed E-state index contributed by atoms with van der Waals surface area (Å²) in [4.78, 5) is 24.7. The second-order valence-corrected chi connectivity index (χ2v) is 5.31. The summed E-state index contributed by atoms with van der Waals surface area (Å²) in [5.41, 5.74) is 0.712. The first-order valence-corrected chi connectivity index (χ1v) is 7.87. The van der Waals surface area contributed by atoms with E-state index in [2.05, 4.69) is 5.32 Å². The molecule has 7 nitrogen and oxygen atoms in total. The Kier molecular flexibility index (Phi) is 6.43. The third kappa shape index (κ3) is 4.44. The molecule has 0 radical (unpaired) electrons. The molecule has 1 atom stereocenters. The summed E-state index contributed by atoms with van der Waals surface area (Å²) in [5.74, 6) is 0.104. The van der Waals surface area contributed by atoms with E-state index < -0.39 is 18.0 Å². The van der Waals surface area contributed by atoms with Crippen LogP contribution >= 0.6 is 0 Å². The SMILES string of the molecule is COc1cccc(NC(=O)[C@H](C)OC(=O)c2cccc(OC)c2OC)c1. The maximum Gasteiger partial charge on any atom is 0.342 e. The van der Waals surface area contributed by atoms with Crippen LogP contribution < -0.4 is 19.5 Å². The van der Waals surface area contributed by atoms with Crippen LogP contribution in [-0.4, -0.2) is 39.3 Å². The number of para-hydroxylation sites is 1. The largest absolute Gasteiger partial charge is 0.497 e. The second kappa shape index (κ2) is 8.75. The lowest BCUT2D eigenvalue weighted by atomic mass is 10.2. The smallest absolute Gasteiger partial charge is 0.342 e. The van der Waals surface area contributed by atoms with Gasteiger partial charge in [0, 0.05) is 11.8 Å². The van der Waals surface area contributed by atoms with Crippen molar-refractivity contribution in [3.05, 3.63) is 48.0 Å². The van der Waals surface area contributed by atoms with Crippen LogP contribution in [0.3, 0.4) is 0 Å². The van der Waals surface area contributed by atoms with Gasteiger partial charge in [-0.05, 0) is 31.2 Å². The molecule has 0 saturated heterocycles. The normalized spacial score (nSPS) is 11.2. The van der Waals surface area contributed by atoms with Crippen molar-refractivity contribution in [2.24, 2.45) is 0 Å². The average Bonchev–Trinajstić information content (AvgIpc) is 2.67. The fraction of sp³-hybridized carbons (Fsp3) is 0.263. The number of anilines is 1. The Labute approximate surface area is 151 Å². The highest BCUT2D eigenvalue weighted by atomic mass is 16.6. The van der Waals surface area contributed by atoms with Crippen molar-refractivity contribution >= 4 is 17.6 Å². The van der Waals surface area contributed by atoms with E-state index in [1.807, 2.05) is 0 Å². The molecule has 138 valence electrons. The van der Waals surface area contributed by atoms with E-state index in [9.17, 15) is 9.59 Å². The summed E-state index contributed by atoms with van der Waals surface area (Å²) in [6.45, 7) is 1.49. The number of nitrogens with one attached hydrogen (secondary N) is 1. The van der Waals surface area contributed by atoms with Gasteiger partial charge in [0.05, 0.1) is 21.3 Å². The van der Waals surface area contributed by atoms with Gasteiger partial charge < -0.3 is 24.3 Å². The Morgan fingerprint density at radius 2 is 1.69 bits per heavy atom. The van der Waals surface area contributed by atoms with E-state index in [4.69, 9.17) is 18.9 Å². The fourth-order valence-electron chi connectivity index (χ4n) is 2.27. The fourth-order valence-corrected chi connectivity index (χ4v) is 2.27. The zero-order valence-corrected chi connectivity index (χ0v) is 15.1. The average molecular weight is 359 g/mol. The quantitative estimate of drug-likeness (QED) is 0.766. The van der Waals surface area contributed by atoms with Gasteiger partial charge >= 0.3 is 5.97 Å². The molecule has 0 aliphatic carbocycles. The van der Waals surface area contributed by atoms with Gasteiger partial charge in [0.15, 0.2) is 17.6 Å². The number of methoxy groups -OCH3 is 3. The topological polar surface area (TPSA) is 83.1 Å². The summed E-state index contributed by atoms with van der Waals surface area (Å²) < 4.78 is 20.7. The molecule has 0 aromatic heterocycles. The van der Waals surface area contributed by atoms with Crippen molar-refractivity contribution in [1.82, 2.24) is 0 Å². The van der Waals surface area contributed by atoms with Crippen molar-refractivity contribution in [2.75, 3.05) is 26.6 Å². The van der Waals surface area contributed by atoms with Crippen molar-refractivity contribution in [1.29, 1.82) is 0 Å². The van der Waals surface area contributed by atoms with Crippen molar-refractivity contribution in [3.8, 4) is 17.2 Å². The molecule has 0 spiro atoms. The van der Waals surface area contributed by atoms with Crippen molar-refractivity contribution in [3.63, 3.8) is 0 Å². The number of benzene rings is 2. The standard InChI is InChI=1S/C19H21NO6/c1-12(18(21)20-13-7-5-8-14(11-13)23-2)26-19(22)15-9-6-10-16(24-3)17(15)25-4/h5-12H,1-4H3,(H,20,21)/t12-/m0/s1. The van der Waals surface area contributed by atoms with Gasteiger partial charge in [-0.15, -0.1) is 0 Å². The van der Waals surface area contributed by atoms with E-state index in [0.717, 1.165) is 0 Å². The molecule has 7 heteroatoms. The van der Waals surface area contributed by atoms with Crippen LogP contribution in [0.25, 0.3) is 0 Å². The molecule has 0 aliphatic heterocycles. The molecule has 0 unspecified atom stereocenters. The van der Waals surface area contributed by atoms with E-state index in [-0.39, 0.29) is 11.3 Å². The highest BCUT2D eigenvalue weighted by Crippen LogP contribution is 2.31. The first-order chi connectivity index (χ1) is 12.5. The Balaban J connectivity index is 2.08. The van der Waals surface area contributed by atoms with Crippen LogP contribution in [0.15, 0.2) is 42.5 Å². The van der Waals surface area contributed by atoms with Gasteiger partial charge in [0.2, 0.25) is 0 Å². The van der Waals surface area contributed by atoms with E-state index in [1.54, 1.807) is 36.4 Å². The third-order valence-corrected chi connectivity index (χ3v) is 3.61. The van der Waals surface area contributed by atoms with Gasteiger partial charge in [-0.2, -0.15) is 0 Å². The predicted molar refractivity (Wildman–Crippen MR) is 96.0 cm³/mol. The molecule has 0 bridgehead atoms. The minimum Gasteiger partial charge on any atom is -0.497 e. The second-order valence-electron chi connectivity index (χ2n) is 5.31. The van der Waals surface area contributed by atoms with Crippen LogP contribution in [0.2, 0.25) is 0 Å². The number of carbonyl (C=O) groups is 2. The monoisotopic (exact) mass is 359 g/mol. The maximum atomic E-state index is 12.4. The number of ether oxygens (including phenoxy) is 4. The minimum atomic E-state index is -1.01. The van der Waals surface area contributed by atoms with Gasteiger partial charge in [0.25, 0.3) is 5.91 Å². The van der Waals surface area contributed by atoms with E-state index in [1.165, 1.54) is 34.3 Å². The van der Waals surface area contributed by atoms with Crippen LogP contribution in [0.5, 0.6) is 17.2 Å². The Hall–Kier alpha value is -3.22. The molecule has 2 aromatic rings. The first kappa shape index (κ1) is 19.1. The minimum absolute atomic E-state index is 0.174. The van der Waals surface area contributed by atoms with Crippen LogP contribution in [0.1, 0.15) is 17.3 Å². The molecule has 2 aromatic carbocycles. The van der Waals surface area contributed by atoms with Crippen LogP contribution in [0.4, 0.5) is 5.69 Å². The molecule has 0 fully saturated rings. The summed E-state index contributed by atoms with van der Waals surface area (Å²) >= 11 is 0. The van der Waals surface area contributed by atoms with Gasteiger partial charge in [-0.3, -0.25) is 4.79 Å². The highest BCUT2D eigenvalue weighted by molar-refractivity contribution is 5.98. The number of hydrogen-bond acceptors (Lipinski definition) is 6.